The molecule has 0 amide bonds. The van der Waals surface area contributed by atoms with Gasteiger partial charge in [-0.05, 0) is 33.1 Å². The Kier molecular flexibility index (Phi) is 5.63. The maximum absolute atomic E-state index is 12.3. The van der Waals surface area contributed by atoms with Crippen LogP contribution < -0.4 is 5.32 Å². The third kappa shape index (κ3) is 3.70. The lowest BCUT2D eigenvalue weighted by molar-refractivity contribution is 0.200. The molecule has 2 heterocycles. The second-order valence-electron chi connectivity index (χ2n) is 6.42. The van der Waals surface area contributed by atoms with E-state index in [2.05, 4.69) is 22.4 Å². The zero-order valence-electron chi connectivity index (χ0n) is 14.0. The summed E-state index contributed by atoms with van der Waals surface area (Å²) in [7, 11) is -3.14. The largest absolute Gasteiger partial charge is 0.309 e. The van der Waals surface area contributed by atoms with E-state index in [-0.39, 0.29) is 5.25 Å². The van der Waals surface area contributed by atoms with Crippen LogP contribution in [-0.4, -0.2) is 47.3 Å². The summed E-state index contributed by atoms with van der Waals surface area (Å²) in [4.78, 5) is 0. The molecule has 0 bridgehead atoms. The summed E-state index contributed by atoms with van der Waals surface area (Å²) in [5.41, 5.74) is 2.26. The summed E-state index contributed by atoms with van der Waals surface area (Å²) in [5, 5.41) is 10.2. The van der Waals surface area contributed by atoms with Gasteiger partial charge in [-0.15, -0.1) is 0 Å². The molecule has 2 N–H and O–H groups in total. The fraction of sp³-hybridized carbons (Fsp3) is 0.800. The Labute approximate surface area is 133 Å². The molecule has 0 radical (unpaired) electrons. The van der Waals surface area contributed by atoms with Crippen LogP contribution in [0.2, 0.25) is 0 Å². The van der Waals surface area contributed by atoms with E-state index in [1.54, 1.807) is 18.2 Å². The molecule has 1 fully saturated rings. The Hall–Kier alpha value is -0.920. The number of aromatic amines is 1. The van der Waals surface area contributed by atoms with Crippen LogP contribution in [0.5, 0.6) is 0 Å². The zero-order valence-corrected chi connectivity index (χ0v) is 14.8. The minimum Gasteiger partial charge on any atom is -0.309 e. The topological polar surface area (TPSA) is 78.1 Å². The van der Waals surface area contributed by atoms with E-state index in [1.165, 1.54) is 5.56 Å². The lowest BCUT2D eigenvalue weighted by Crippen LogP contribution is -2.52. The van der Waals surface area contributed by atoms with Crippen LogP contribution in [0.4, 0.5) is 0 Å². The fourth-order valence-corrected chi connectivity index (χ4v) is 4.36. The Morgan fingerprint density at radius 1 is 1.50 bits per heavy atom. The van der Waals surface area contributed by atoms with Gasteiger partial charge in [-0.3, -0.25) is 5.10 Å². The number of aryl methyl sites for hydroxylation is 1. The van der Waals surface area contributed by atoms with Crippen molar-refractivity contribution in [2.45, 2.75) is 58.4 Å². The number of aromatic nitrogens is 2. The molecule has 0 aromatic carbocycles. The highest BCUT2D eigenvalue weighted by molar-refractivity contribution is 7.89. The van der Waals surface area contributed by atoms with Crippen LogP contribution in [0.25, 0.3) is 0 Å². The van der Waals surface area contributed by atoms with Crippen molar-refractivity contribution < 1.29 is 8.42 Å². The van der Waals surface area contributed by atoms with Gasteiger partial charge in [-0.1, -0.05) is 13.3 Å². The standard InChI is InChI=1S/C15H28N4O2S/c1-5-13-10-19(22(20,21)11(2)3)7-6-15(13)16-8-14-9-17-18-12(14)4/h9,11,13,15-16H,5-8,10H2,1-4H3,(H,17,18)/t13-,15-/m0/s1. The van der Waals surface area contributed by atoms with E-state index < -0.39 is 10.0 Å². The highest BCUT2D eigenvalue weighted by atomic mass is 32.2. The Balaban J connectivity index is 1.97. The Morgan fingerprint density at radius 3 is 2.77 bits per heavy atom. The number of rotatable bonds is 6. The van der Waals surface area contributed by atoms with Gasteiger partial charge >= 0.3 is 0 Å². The van der Waals surface area contributed by atoms with Crippen LogP contribution >= 0.6 is 0 Å². The van der Waals surface area contributed by atoms with Crippen molar-refractivity contribution in [2.24, 2.45) is 5.92 Å². The molecule has 2 rings (SSSR count). The summed E-state index contributed by atoms with van der Waals surface area (Å²) < 4.78 is 26.3. The third-order valence-corrected chi connectivity index (χ3v) is 6.91. The van der Waals surface area contributed by atoms with Crippen LogP contribution in [0.1, 0.15) is 44.9 Å². The van der Waals surface area contributed by atoms with Gasteiger partial charge in [0.05, 0.1) is 11.4 Å². The number of piperidine rings is 1. The number of sulfonamides is 1. The molecule has 7 heteroatoms. The molecular formula is C15H28N4O2S. The molecule has 0 aliphatic carbocycles. The number of nitrogens with zero attached hydrogens (tertiary/aromatic N) is 2. The molecular weight excluding hydrogens is 300 g/mol. The van der Waals surface area contributed by atoms with E-state index in [9.17, 15) is 8.42 Å². The average molecular weight is 328 g/mol. The lowest BCUT2D eigenvalue weighted by Gasteiger charge is -2.38. The maximum Gasteiger partial charge on any atom is 0.216 e. The minimum absolute atomic E-state index is 0.344. The van der Waals surface area contributed by atoms with E-state index in [1.807, 2.05) is 13.1 Å². The fourth-order valence-electron chi connectivity index (χ4n) is 3.01. The van der Waals surface area contributed by atoms with Crippen molar-refractivity contribution in [1.29, 1.82) is 0 Å². The van der Waals surface area contributed by atoms with E-state index in [0.29, 0.717) is 25.0 Å². The summed E-state index contributed by atoms with van der Waals surface area (Å²) >= 11 is 0. The normalized spacial score (nSPS) is 24.0. The van der Waals surface area contributed by atoms with Crippen molar-refractivity contribution in [3.05, 3.63) is 17.5 Å². The second-order valence-corrected chi connectivity index (χ2v) is 8.91. The van der Waals surface area contributed by atoms with Crippen molar-refractivity contribution in [1.82, 2.24) is 19.8 Å². The van der Waals surface area contributed by atoms with Gasteiger partial charge < -0.3 is 5.32 Å². The van der Waals surface area contributed by atoms with Gasteiger partial charge in [0.25, 0.3) is 0 Å². The highest BCUT2D eigenvalue weighted by Crippen LogP contribution is 2.24. The molecule has 1 aromatic rings. The Morgan fingerprint density at radius 2 is 2.23 bits per heavy atom. The summed E-state index contributed by atoms with van der Waals surface area (Å²) in [6.45, 7) is 9.66. The monoisotopic (exact) mass is 328 g/mol. The first-order valence-corrected chi connectivity index (χ1v) is 9.57. The van der Waals surface area contributed by atoms with Crippen molar-refractivity contribution >= 4 is 10.0 Å². The average Bonchev–Trinajstić information content (AvgIpc) is 2.90. The predicted molar refractivity (Wildman–Crippen MR) is 88.0 cm³/mol. The molecule has 2 atom stereocenters. The quantitative estimate of drug-likeness (QED) is 0.832. The molecule has 1 aliphatic rings. The van der Waals surface area contributed by atoms with Crippen molar-refractivity contribution in [2.75, 3.05) is 13.1 Å². The molecule has 1 aliphatic heterocycles. The van der Waals surface area contributed by atoms with Gasteiger partial charge in [-0.2, -0.15) is 5.10 Å². The smallest absolute Gasteiger partial charge is 0.216 e. The molecule has 126 valence electrons. The van der Waals surface area contributed by atoms with Gasteiger partial charge in [0.1, 0.15) is 0 Å². The number of H-pyrrole nitrogens is 1. The Bertz CT molecular complexity index is 582. The summed E-state index contributed by atoms with van der Waals surface area (Å²) in [5.74, 6) is 0.356. The molecule has 6 nitrogen and oxygen atoms in total. The molecule has 0 unspecified atom stereocenters. The maximum atomic E-state index is 12.3. The zero-order chi connectivity index (χ0) is 16.3. The van der Waals surface area contributed by atoms with E-state index >= 15 is 0 Å². The van der Waals surface area contributed by atoms with Gasteiger partial charge in [-0.25, -0.2) is 12.7 Å². The highest BCUT2D eigenvalue weighted by Gasteiger charge is 2.35. The molecule has 0 saturated carbocycles. The number of hydrogen-bond acceptors (Lipinski definition) is 4. The lowest BCUT2D eigenvalue weighted by atomic mass is 9.91. The first-order valence-electron chi connectivity index (χ1n) is 8.07. The molecule has 22 heavy (non-hydrogen) atoms. The van der Waals surface area contributed by atoms with Crippen molar-refractivity contribution in [3.8, 4) is 0 Å². The third-order valence-electron chi connectivity index (χ3n) is 4.67. The van der Waals surface area contributed by atoms with Crippen LogP contribution in [-0.2, 0) is 16.6 Å². The van der Waals surface area contributed by atoms with Crippen LogP contribution in [0.3, 0.4) is 0 Å². The number of nitrogens with one attached hydrogen (secondary N) is 2. The second kappa shape index (κ2) is 7.10. The van der Waals surface area contributed by atoms with Crippen LogP contribution in [0, 0.1) is 12.8 Å². The first kappa shape index (κ1) is 17.4. The van der Waals surface area contributed by atoms with E-state index in [4.69, 9.17) is 0 Å². The van der Waals surface area contributed by atoms with E-state index in [0.717, 1.165) is 25.1 Å². The molecule has 1 aromatic heterocycles. The predicted octanol–water partition coefficient (Wildman–Crippen LogP) is 1.65. The summed E-state index contributed by atoms with van der Waals surface area (Å²) in [6.07, 6.45) is 3.69. The molecule has 1 saturated heterocycles. The van der Waals surface area contributed by atoms with Gasteiger partial charge in [0.2, 0.25) is 10.0 Å². The van der Waals surface area contributed by atoms with Gasteiger partial charge in [0.15, 0.2) is 0 Å². The van der Waals surface area contributed by atoms with Crippen molar-refractivity contribution in [3.63, 3.8) is 0 Å². The molecule has 0 spiro atoms. The summed E-state index contributed by atoms with van der Waals surface area (Å²) in [6, 6.07) is 0.359. The first-order chi connectivity index (χ1) is 10.4. The minimum atomic E-state index is -3.14. The number of hydrogen-bond donors (Lipinski definition) is 2. The van der Waals surface area contributed by atoms with Crippen LogP contribution in [0.15, 0.2) is 6.20 Å². The SMILES string of the molecule is CC[C@H]1CN(S(=O)(=O)C(C)C)CC[C@@H]1NCc1cn[nH]c1C. The van der Waals surface area contributed by atoms with Gasteiger partial charge in [0, 0.05) is 36.9 Å².